The summed E-state index contributed by atoms with van der Waals surface area (Å²) in [6, 6.07) is 3.95. The number of fused-ring (bicyclic) bond motifs is 1. The molecular weight excluding hydrogens is 328 g/mol. The van der Waals surface area contributed by atoms with Gasteiger partial charge in [-0.2, -0.15) is 0 Å². The molecule has 0 aromatic carbocycles. The average molecular weight is 356 g/mol. The van der Waals surface area contributed by atoms with Gasteiger partial charge in [-0.25, -0.2) is 4.98 Å². The smallest absolute Gasteiger partial charge is 0.237 e. The summed E-state index contributed by atoms with van der Waals surface area (Å²) >= 11 is 0. The Hall–Kier alpha value is -2.21. The van der Waals surface area contributed by atoms with E-state index in [1.165, 1.54) is 0 Å². The van der Waals surface area contributed by atoms with Crippen molar-refractivity contribution in [3.05, 3.63) is 47.4 Å². The number of aryl methyl sites for hydroxylation is 1. The summed E-state index contributed by atoms with van der Waals surface area (Å²) in [6.07, 6.45) is 6.25. The quantitative estimate of drug-likeness (QED) is 0.763. The molecular formula is C20H28N4O2. The highest BCUT2D eigenvalue weighted by molar-refractivity contribution is 5.78. The van der Waals surface area contributed by atoms with Gasteiger partial charge in [-0.05, 0) is 37.1 Å². The van der Waals surface area contributed by atoms with E-state index >= 15 is 0 Å². The van der Waals surface area contributed by atoms with E-state index in [1.54, 1.807) is 12.4 Å². The molecule has 0 aliphatic carbocycles. The molecule has 0 atom stereocenters. The third-order valence-electron chi connectivity index (χ3n) is 4.67. The molecule has 2 aromatic rings. The van der Waals surface area contributed by atoms with Crippen molar-refractivity contribution in [2.24, 2.45) is 5.92 Å². The van der Waals surface area contributed by atoms with Crippen molar-refractivity contribution in [3.8, 4) is 0 Å². The number of pyridine rings is 1. The summed E-state index contributed by atoms with van der Waals surface area (Å²) < 4.78 is 5.88. The second-order valence-electron chi connectivity index (χ2n) is 7.50. The van der Waals surface area contributed by atoms with Gasteiger partial charge < -0.3 is 9.32 Å². The molecule has 0 saturated carbocycles. The predicted molar refractivity (Wildman–Crippen MR) is 99.4 cm³/mol. The van der Waals surface area contributed by atoms with Crippen LogP contribution in [-0.2, 0) is 30.7 Å². The van der Waals surface area contributed by atoms with Gasteiger partial charge in [-0.15, -0.1) is 0 Å². The average Bonchev–Trinajstić information content (AvgIpc) is 3.02. The molecule has 0 radical (unpaired) electrons. The summed E-state index contributed by atoms with van der Waals surface area (Å²) in [5, 5.41) is 0. The number of oxazole rings is 1. The van der Waals surface area contributed by atoms with Gasteiger partial charge in [0.05, 0.1) is 13.1 Å². The first-order chi connectivity index (χ1) is 12.5. The van der Waals surface area contributed by atoms with Gasteiger partial charge in [-0.3, -0.25) is 14.7 Å². The van der Waals surface area contributed by atoms with E-state index in [2.05, 4.69) is 23.8 Å². The molecule has 140 valence electrons. The number of hydrogen-bond donors (Lipinski definition) is 0. The normalized spacial score (nSPS) is 14.1. The first-order valence-electron chi connectivity index (χ1n) is 9.34. The van der Waals surface area contributed by atoms with Crippen LogP contribution in [0.2, 0.25) is 0 Å². The van der Waals surface area contributed by atoms with E-state index in [9.17, 15) is 4.79 Å². The molecule has 6 nitrogen and oxygen atoms in total. The summed E-state index contributed by atoms with van der Waals surface area (Å²) in [6.45, 7) is 6.79. The maximum Gasteiger partial charge on any atom is 0.237 e. The summed E-state index contributed by atoms with van der Waals surface area (Å²) in [5.41, 5.74) is 2.09. The standard InChI is InChI=1S/C20H28N4O2/c1-15(2)4-5-19-22-17-13-24(11-8-18(17)26-19)20(25)14-23(3)12-16-6-9-21-10-7-16/h6-7,9-10,15H,4-5,8,11-14H2,1-3H3. The Morgan fingerprint density at radius 1 is 1.35 bits per heavy atom. The molecule has 6 heteroatoms. The molecule has 0 saturated heterocycles. The fourth-order valence-corrected chi connectivity index (χ4v) is 3.17. The minimum absolute atomic E-state index is 0.138. The van der Waals surface area contributed by atoms with Gasteiger partial charge in [0.2, 0.25) is 5.91 Å². The second-order valence-corrected chi connectivity index (χ2v) is 7.50. The van der Waals surface area contributed by atoms with E-state index in [0.29, 0.717) is 25.6 Å². The van der Waals surface area contributed by atoms with Gasteiger partial charge >= 0.3 is 0 Å². The van der Waals surface area contributed by atoms with E-state index in [0.717, 1.165) is 48.7 Å². The van der Waals surface area contributed by atoms with E-state index in [-0.39, 0.29) is 5.91 Å². The Balaban J connectivity index is 1.53. The molecule has 1 amide bonds. The molecule has 1 aliphatic heterocycles. The van der Waals surface area contributed by atoms with Crippen molar-refractivity contribution in [2.45, 2.75) is 46.2 Å². The van der Waals surface area contributed by atoms with Crippen molar-refractivity contribution in [1.29, 1.82) is 0 Å². The summed E-state index contributed by atoms with van der Waals surface area (Å²) in [4.78, 5) is 25.2. The van der Waals surface area contributed by atoms with Crippen molar-refractivity contribution >= 4 is 5.91 Å². The molecule has 0 fully saturated rings. The summed E-state index contributed by atoms with van der Waals surface area (Å²) in [7, 11) is 1.97. The number of hydrogen-bond acceptors (Lipinski definition) is 5. The monoisotopic (exact) mass is 356 g/mol. The Morgan fingerprint density at radius 2 is 2.12 bits per heavy atom. The van der Waals surface area contributed by atoms with Crippen LogP contribution in [-0.4, -0.2) is 45.8 Å². The maximum atomic E-state index is 12.6. The van der Waals surface area contributed by atoms with Gasteiger partial charge in [-0.1, -0.05) is 13.8 Å². The van der Waals surface area contributed by atoms with Crippen LogP contribution in [0.15, 0.2) is 28.9 Å². The number of rotatable bonds is 7. The molecule has 26 heavy (non-hydrogen) atoms. The Morgan fingerprint density at radius 3 is 2.85 bits per heavy atom. The SMILES string of the molecule is CC(C)CCc1nc2c(o1)CCN(C(=O)CN(C)Cc1ccncc1)C2. The zero-order chi connectivity index (χ0) is 18.5. The van der Waals surface area contributed by atoms with E-state index < -0.39 is 0 Å². The number of carbonyl (C=O) groups is 1. The van der Waals surface area contributed by atoms with Crippen LogP contribution >= 0.6 is 0 Å². The minimum atomic E-state index is 0.138. The number of likely N-dealkylation sites (N-methyl/N-ethyl adjacent to an activating group) is 1. The van der Waals surface area contributed by atoms with E-state index in [4.69, 9.17) is 4.42 Å². The molecule has 1 aliphatic rings. The highest BCUT2D eigenvalue weighted by Gasteiger charge is 2.25. The fourth-order valence-electron chi connectivity index (χ4n) is 3.17. The van der Waals surface area contributed by atoms with Crippen LogP contribution in [0.4, 0.5) is 0 Å². The van der Waals surface area contributed by atoms with Crippen molar-refractivity contribution < 1.29 is 9.21 Å². The molecule has 3 rings (SSSR count). The number of nitrogens with zero attached hydrogens (tertiary/aromatic N) is 4. The summed E-state index contributed by atoms with van der Waals surface area (Å²) in [5.74, 6) is 2.54. The lowest BCUT2D eigenvalue weighted by atomic mass is 10.1. The van der Waals surface area contributed by atoms with Crippen LogP contribution in [0.25, 0.3) is 0 Å². The van der Waals surface area contributed by atoms with Crippen molar-refractivity contribution in [3.63, 3.8) is 0 Å². The molecule has 0 bridgehead atoms. The molecule has 3 heterocycles. The third kappa shape index (κ3) is 4.91. The largest absolute Gasteiger partial charge is 0.445 e. The van der Waals surface area contributed by atoms with Crippen molar-refractivity contribution in [2.75, 3.05) is 20.1 Å². The number of carbonyl (C=O) groups excluding carboxylic acids is 1. The lowest BCUT2D eigenvalue weighted by Gasteiger charge is -2.27. The van der Waals surface area contributed by atoms with Gasteiger partial charge in [0.1, 0.15) is 11.5 Å². The topological polar surface area (TPSA) is 62.5 Å². The van der Waals surface area contributed by atoms with Crippen molar-refractivity contribution in [1.82, 2.24) is 19.8 Å². The lowest BCUT2D eigenvalue weighted by Crippen LogP contribution is -2.41. The third-order valence-corrected chi connectivity index (χ3v) is 4.67. The van der Waals surface area contributed by atoms with Crippen LogP contribution in [0.5, 0.6) is 0 Å². The zero-order valence-electron chi connectivity index (χ0n) is 15.9. The maximum absolute atomic E-state index is 12.6. The minimum Gasteiger partial charge on any atom is -0.445 e. The first-order valence-corrected chi connectivity index (χ1v) is 9.34. The Kier molecular flexibility index (Phi) is 6.04. The van der Waals surface area contributed by atoms with Gasteiger partial charge in [0.15, 0.2) is 5.89 Å². The molecule has 0 unspecified atom stereocenters. The highest BCUT2D eigenvalue weighted by Crippen LogP contribution is 2.21. The predicted octanol–water partition coefficient (Wildman–Crippen LogP) is 2.67. The second kappa shape index (κ2) is 8.45. The van der Waals surface area contributed by atoms with Crippen LogP contribution in [0, 0.1) is 5.92 Å². The lowest BCUT2D eigenvalue weighted by molar-refractivity contribution is -0.133. The first kappa shape index (κ1) is 18.6. The Labute approximate surface area is 155 Å². The van der Waals surface area contributed by atoms with Gasteiger partial charge in [0, 0.05) is 38.3 Å². The van der Waals surface area contributed by atoms with Crippen LogP contribution in [0.3, 0.4) is 0 Å². The van der Waals surface area contributed by atoms with Crippen LogP contribution < -0.4 is 0 Å². The van der Waals surface area contributed by atoms with E-state index in [1.807, 2.05) is 29.0 Å². The highest BCUT2D eigenvalue weighted by atomic mass is 16.4. The number of amides is 1. The zero-order valence-corrected chi connectivity index (χ0v) is 15.9. The van der Waals surface area contributed by atoms with Crippen LogP contribution in [0.1, 0.15) is 43.2 Å². The molecule has 2 aromatic heterocycles. The van der Waals surface area contributed by atoms with Gasteiger partial charge in [0.25, 0.3) is 0 Å². The fraction of sp³-hybridized carbons (Fsp3) is 0.550. The molecule has 0 N–H and O–H groups in total. The molecule has 0 spiro atoms. The Bertz CT molecular complexity index is 727. The number of aromatic nitrogens is 2.